The summed E-state index contributed by atoms with van der Waals surface area (Å²) in [5.74, 6) is -1.78. The molecule has 0 unspecified atom stereocenters. The number of nitrogens with one attached hydrogen (secondary N) is 1. The van der Waals surface area contributed by atoms with Crippen LogP contribution in [0.15, 0.2) is 0 Å². The van der Waals surface area contributed by atoms with Crippen LogP contribution < -0.4 is 5.32 Å². The third-order valence-corrected chi connectivity index (χ3v) is 2.65. The van der Waals surface area contributed by atoms with Crippen molar-refractivity contribution in [1.82, 2.24) is 9.55 Å². The van der Waals surface area contributed by atoms with Crippen LogP contribution in [0.25, 0.3) is 0 Å². The van der Waals surface area contributed by atoms with Gasteiger partial charge in [0.15, 0.2) is 11.5 Å². The molecule has 2 heterocycles. The van der Waals surface area contributed by atoms with Gasteiger partial charge in [-0.05, 0) is 6.42 Å². The molecule has 0 saturated carbocycles. The number of rotatable bonds is 3. The Morgan fingerprint density at radius 1 is 1.50 bits per heavy atom. The number of methoxy groups -OCH3 is 1. The fourth-order valence-electron chi connectivity index (χ4n) is 1.89. The molecule has 98 valence electrons. The second-order valence-corrected chi connectivity index (χ2v) is 3.76. The summed E-state index contributed by atoms with van der Waals surface area (Å²) in [6.07, 6.45) is -1.71. The minimum atomic E-state index is -3.16. The minimum absolute atomic E-state index is 0.0130. The molecule has 0 aromatic carbocycles. The quantitative estimate of drug-likeness (QED) is 0.815. The SMILES string of the molecule is COC(=O)c1c(NC(=O)C(F)F)nc2n1CCC2. The van der Waals surface area contributed by atoms with Crippen LogP contribution in [0.2, 0.25) is 0 Å². The maximum absolute atomic E-state index is 12.2. The number of imidazole rings is 1. The van der Waals surface area contributed by atoms with Crippen molar-refractivity contribution < 1.29 is 23.1 Å². The van der Waals surface area contributed by atoms with Gasteiger partial charge in [0.1, 0.15) is 5.82 Å². The molecule has 1 amide bonds. The number of hydrogen-bond donors (Lipinski definition) is 1. The number of aryl methyl sites for hydroxylation is 1. The highest BCUT2D eigenvalue weighted by Gasteiger charge is 2.28. The smallest absolute Gasteiger partial charge is 0.358 e. The maximum Gasteiger partial charge on any atom is 0.358 e. The van der Waals surface area contributed by atoms with E-state index >= 15 is 0 Å². The van der Waals surface area contributed by atoms with E-state index in [1.54, 1.807) is 4.57 Å². The molecule has 18 heavy (non-hydrogen) atoms. The van der Waals surface area contributed by atoms with Crippen LogP contribution in [0.1, 0.15) is 22.7 Å². The van der Waals surface area contributed by atoms with Crippen LogP contribution in [0, 0.1) is 0 Å². The molecule has 0 bridgehead atoms. The molecule has 1 aromatic heterocycles. The van der Waals surface area contributed by atoms with E-state index in [9.17, 15) is 18.4 Å². The van der Waals surface area contributed by atoms with Gasteiger partial charge in [-0.3, -0.25) is 4.79 Å². The van der Waals surface area contributed by atoms with E-state index in [0.717, 1.165) is 6.42 Å². The molecule has 0 aliphatic carbocycles. The second kappa shape index (κ2) is 4.71. The summed E-state index contributed by atoms with van der Waals surface area (Å²) in [4.78, 5) is 26.5. The van der Waals surface area contributed by atoms with Crippen molar-refractivity contribution in [3.8, 4) is 0 Å². The summed E-state index contributed by atoms with van der Waals surface area (Å²) >= 11 is 0. The zero-order valence-electron chi connectivity index (χ0n) is 9.57. The lowest BCUT2D eigenvalue weighted by Crippen LogP contribution is -2.22. The summed E-state index contributed by atoms with van der Waals surface area (Å²) in [5.41, 5.74) is 0.0130. The van der Waals surface area contributed by atoms with Gasteiger partial charge in [0, 0.05) is 13.0 Å². The Balaban J connectivity index is 2.35. The Morgan fingerprint density at radius 3 is 2.83 bits per heavy atom. The summed E-state index contributed by atoms with van der Waals surface area (Å²) in [6.45, 7) is 0.553. The third kappa shape index (κ3) is 2.05. The Hall–Kier alpha value is -1.99. The molecule has 1 aliphatic rings. The largest absolute Gasteiger partial charge is 0.464 e. The van der Waals surface area contributed by atoms with Gasteiger partial charge in [-0.25, -0.2) is 9.78 Å². The van der Waals surface area contributed by atoms with E-state index < -0.39 is 18.3 Å². The Morgan fingerprint density at radius 2 is 2.22 bits per heavy atom. The van der Waals surface area contributed by atoms with Crippen molar-refractivity contribution in [2.24, 2.45) is 0 Å². The molecule has 8 heteroatoms. The third-order valence-electron chi connectivity index (χ3n) is 2.65. The van der Waals surface area contributed by atoms with Crippen molar-refractivity contribution >= 4 is 17.7 Å². The first-order chi connectivity index (χ1) is 8.54. The van der Waals surface area contributed by atoms with Crippen molar-refractivity contribution in [3.63, 3.8) is 0 Å². The summed E-state index contributed by atoms with van der Waals surface area (Å²) in [5, 5.41) is 1.93. The average molecular weight is 259 g/mol. The first-order valence-corrected chi connectivity index (χ1v) is 5.31. The first-order valence-electron chi connectivity index (χ1n) is 5.31. The van der Waals surface area contributed by atoms with Crippen LogP contribution in [-0.4, -0.2) is 35.0 Å². The number of carbonyl (C=O) groups is 2. The van der Waals surface area contributed by atoms with Crippen molar-refractivity contribution in [2.45, 2.75) is 25.8 Å². The van der Waals surface area contributed by atoms with Crippen LogP contribution in [-0.2, 0) is 22.5 Å². The van der Waals surface area contributed by atoms with Gasteiger partial charge in [0.2, 0.25) is 0 Å². The lowest BCUT2D eigenvalue weighted by molar-refractivity contribution is -0.126. The molecule has 0 radical (unpaired) electrons. The molecule has 1 N–H and O–H groups in total. The summed E-state index contributed by atoms with van der Waals surface area (Å²) in [7, 11) is 1.18. The van der Waals surface area contributed by atoms with E-state index in [1.165, 1.54) is 7.11 Å². The standard InChI is InChI=1S/C10H11F2N3O3/c1-18-10(17)6-8(14-9(16)7(11)12)13-5-3-2-4-15(5)6/h7H,2-4H2,1H3,(H,14,16). The Kier molecular flexibility index (Phi) is 3.26. The predicted octanol–water partition coefficient (Wildman–Crippen LogP) is 0.819. The summed E-state index contributed by atoms with van der Waals surface area (Å²) < 4.78 is 30.5. The molecular weight excluding hydrogens is 248 g/mol. The number of aromatic nitrogens is 2. The van der Waals surface area contributed by atoms with Crippen molar-refractivity contribution in [3.05, 3.63) is 11.5 Å². The van der Waals surface area contributed by atoms with Gasteiger partial charge < -0.3 is 14.6 Å². The van der Waals surface area contributed by atoms with Gasteiger partial charge in [-0.2, -0.15) is 8.78 Å². The molecule has 2 rings (SSSR count). The highest BCUT2D eigenvalue weighted by Crippen LogP contribution is 2.24. The van der Waals surface area contributed by atoms with E-state index in [-0.39, 0.29) is 11.5 Å². The average Bonchev–Trinajstić information content (AvgIpc) is 2.87. The lowest BCUT2D eigenvalue weighted by Gasteiger charge is -2.06. The normalized spacial score (nSPS) is 13.6. The van der Waals surface area contributed by atoms with Gasteiger partial charge in [-0.1, -0.05) is 0 Å². The number of hydrogen-bond acceptors (Lipinski definition) is 4. The zero-order valence-corrected chi connectivity index (χ0v) is 9.57. The van der Waals surface area contributed by atoms with Gasteiger partial charge >= 0.3 is 12.4 Å². The number of nitrogens with zero attached hydrogens (tertiary/aromatic N) is 2. The van der Waals surface area contributed by atoms with Crippen molar-refractivity contribution in [2.75, 3.05) is 12.4 Å². The number of carbonyl (C=O) groups excluding carboxylic acids is 2. The van der Waals surface area contributed by atoms with E-state index in [2.05, 4.69) is 9.72 Å². The van der Waals surface area contributed by atoms with E-state index in [0.29, 0.717) is 18.8 Å². The number of anilines is 1. The van der Waals surface area contributed by atoms with Crippen LogP contribution in [0.5, 0.6) is 0 Å². The number of ether oxygens (including phenoxy) is 1. The highest BCUT2D eigenvalue weighted by molar-refractivity contribution is 6.00. The highest BCUT2D eigenvalue weighted by atomic mass is 19.3. The molecule has 0 saturated heterocycles. The zero-order chi connectivity index (χ0) is 13.3. The topological polar surface area (TPSA) is 73.2 Å². The molecule has 6 nitrogen and oxygen atoms in total. The first kappa shape index (κ1) is 12.5. The number of halogens is 2. The predicted molar refractivity (Wildman–Crippen MR) is 56.5 cm³/mol. The van der Waals surface area contributed by atoms with Gasteiger partial charge in [0.25, 0.3) is 5.91 Å². The van der Waals surface area contributed by atoms with E-state index in [4.69, 9.17) is 0 Å². The van der Waals surface area contributed by atoms with Gasteiger partial charge in [0.05, 0.1) is 7.11 Å². The Labute approximate surface area is 101 Å². The number of fused-ring (bicyclic) bond motifs is 1. The molecule has 0 fully saturated rings. The molecule has 1 aliphatic heterocycles. The number of alkyl halides is 2. The maximum atomic E-state index is 12.2. The Bertz CT molecular complexity index is 499. The molecule has 1 aromatic rings. The molecule has 0 atom stereocenters. The summed E-state index contributed by atoms with van der Waals surface area (Å²) in [6, 6.07) is 0. The second-order valence-electron chi connectivity index (χ2n) is 3.76. The van der Waals surface area contributed by atoms with Crippen molar-refractivity contribution in [1.29, 1.82) is 0 Å². The number of esters is 1. The van der Waals surface area contributed by atoms with Crippen LogP contribution in [0.4, 0.5) is 14.6 Å². The molecule has 0 spiro atoms. The monoisotopic (exact) mass is 259 g/mol. The fraction of sp³-hybridized carbons (Fsp3) is 0.500. The minimum Gasteiger partial charge on any atom is -0.464 e. The fourth-order valence-corrected chi connectivity index (χ4v) is 1.89. The molecular formula is C10H11F2N3O3. The lowest BCUT2D eigenvalue weighted by atomic mass is 10.3. The number of amides is 1. The van der Waals surface area contributed by atoms with E-state index in [1.807, 2.05) is 5.32 Å². The van der Waals surface area contributed by atoms with Crippen LogP contribution in [0.3, 0.4) is 0 Å². The van der Waals surface area contributed by atoms with Gasteiger partial charge in [-0.15, -0.1) is 0 Å². The van der Waals surface area contributed by atoms with Crippen LogP contribution >= 0.6 is 0 Å².